The normalized spacial score (nSPS) is 24.1. The molecule has 2 aliphatic rings. The molecule has 2 saturated heterocycles. The van der Waals surface area contributed by atoms with Crippen LogP contribution in [-0.2, 0) is 9.84 Å². The van der Waals surface area contributed by atoms with Crippen molar-refractivity contribution in [2.45, 2.75) is 88.7 Å². The molecule has 212 valence electrons. The number of hydrogen-bond acceptors (Lipinski definition) is 5. The summed E-state index contributed by atoms with van der Waals surface area (Å²) in [6, 6.07) is 10.2. The summed E-state index contributed by atoms with van der Waals surface area (Å²) in [5.74, 6) is 0.713. The number of piperidine rings is 2. The number of pyridine rings is 1. The predicted molar refractivity (Wildman–Crippen MR) is 155 cm³/mol. The minimum absolute atomic E-state index is 0.260. The number of nitrogens with zero attached hydrogens (tertiary/aromatic N) is 4. The molecule has 0 saturated carbocycles. The molecule has 6 nitrogen and oxygen atoms in total. The number of benzene rings is 1. The van der Waals surface area contributed by atoms with E-state index in [1.807, 2.05) is 12.4 Å². The summed E-state index contributed by atoms with van der Waals surface area (Å²) >= 11 is 0. The Kier molecular flexibility index (Phi) is 8.18. The van der Waals surface area contributed by atoms with E-state index in [9.17, 15) is 8.42 Å². The minimum Gasteiger partial charge on any atom is -0.304 e. The van der Waals surface area contributed by atoms with Crippen molar-refractivity contribution in [2.75, 3.05) is 25.9 Å². The van der Waals surface area contributed by atoms with Crippen LogP contribution in [0.15, 0.2) is 47.6 Å². The Morgan fingerprint density at radius 1 is 1.08 bits per heavy atom. The summed E-state index contributed by atoms with van der Waals surface area (Å²) in [5.41, 5.74) is 2.72. The van der Waals surface area contributed by atoms with Gasteiger partial charge in [0.1, 0.15) is 0 Å². The Morgan fingerprint density at radius 3 is 2.38 bits per heavy atom. The lowest BCUT2D eigenvalue weighted by Crippen LogP contribution is -2.55. The van der Waals surface area contributed by atoms with Gasteiger partial charge in [0, 0.05) is 48.9 Å². The van der Waals surface area contributed by atoms with Gasteiger partial charge in [0.05, 0.1) is 10.6 Å². The van der Waals surface area contributed by atoms with Crippen LogP contribution in [0.4, 0.5) is 4.39 Å². The van der Waals surface area contributed by atoms with Gasteiger partial charge in [-0.3, -0.25) is 4.90 Å². The van der Waals surface area contributed by atoms with Crippen LogP contribution in [-0.4, -0.2) is 71.6 Å². The Hall–Kier alpha value is -2.29. The summed E-state index contributed by atoms with van der Waals surface area (Å²) in [5, 5.41) is 0. The summed E-state index contributed by atoms with van der Waals surface area (Å²) in [6.45, 7) is 12.7. The summed E-state index contributed by atoms with van der Waals surface area (Å²) < 4.78 is 40.5. The lowest BCUT2D eigenvalue weighted by Gasteiger charge is -2.49. The highest BCUT2D eigenvalue weighted by atomic mass is 32.2. The quantitative estimate of drug-likeness (QED) is 0.358. The first-order chi connectivity index (χ1) is 18.5. The number of sulfone groups is 1. The lowest BCUT2D eigenvalue weighted by molar-refractivity contribution is 0.0113. The van der Waals surface area contributed by atoms with Gasteiger partial charge in [-0.25, -0.2) is 17.8 Å². The maximum atomic E-state index is 15.2. The molecule has 2 aliphatic heterocycles. The molecule has 3 aromatic rings. The summed E-state index contributed by atoms with van der Waals surface area (Å²) in [4.78, 5) is 10.2. The molecular weight excluding hydrogens is 511 g/mol. The minimum atomic E-state index is -3.27. The maximum Gasteiger partial charge on any atom is 0.175 e. The van der Waals surface area contributed by atoms with E-state index in [0.717, 1.165) is 37.1 Å². The van der Waals surface area contributed by atoms with Crippen molar-refractivity contribution in [3.63, 3.8) is 0 Å². The highest BCUT2D eigenvalue weighted by molar-refractivity contribution is 7.90. The molecule has 39 heavy (non-hydrogen) atoms. The van der Waals surface area contributed by atoms with E-state index in [-0.39, 0.29) is 10.7 Å². The Bertz CT molecular complexity index is 1390. The van der Waals surface area contributed by atoms with E-state index in [0.29, 0.717) is 41.3 Å². The maximum absolute atomic E-state index is 15.2. The third-order valence-electron chi connectivity index (χ3n) is 8.86. The fourth-order valence-corrected chi connectivity index (χ4v) is 7.43. The largest absolute Gasteiger partial charge is 0.304 e. The zero-order valence-electron chi connectivity index (χ0n) is 24.0. The van der Waals surface area contributed by atoms with Crippen LogP contribution in [0, 0.1) is 11.7 Å². The molecule has 2 aromatic heterocycles. The molecule has 0 spiro atoms. The van der Waals surface area contributed by atoms with Gasteiger partial charge in [0.25, 0.3) is 0 Å². The Morgan fingerprint density at radius 2 is 1.77 bits per heavy atom. The van der Waals surface area contributed by atoms with Crippen LogP contribution >= 0.6 is 0 Å². The van der Waals surface area contributed by atoms with Crippen molar-refractivity contribution in [1.29, 1.82) is 0 Å². The average molecular weight is 555 g/mol. The first kappa shape index (κ1) is 28.2. The monoisotopic (exact) mass is 554 g/mol. The third-order valence-corrected chi connectivity index (χ3v) is 9.99. The van der Waals surface area contributed by atoms with Gasteiger partial charge in [-0.15, -0.1) is 0 Å². The second-order valence-corrected chi connectivity index (χ2v) is 14.2. The molecule has 0 aliphatic carbocycles. The van der Waals surface area contributed by atoms with E-state index in [2.05, 4.69) is 42.5 Å². The first-order valence-electron chi connectivity index (χ1n) is 14.5. The van der Waals surface area contributed by atoms with Crippen LogP contribution in [0.25, 0.3) is 16.9 Å². The van der Waals surface area contributed by atoms with E-state index < -0.39 is 9.84 Å². The van der Waals surface area contributed by atoms with Gasteiger partial charge in [-0.2, -0.15) is 0 Å². The third kappa shape index (κ3) is 6.08. The van der Waals surface area contributed by atoms with Gasteiger partial charge >= 0.3 is 0 Å². The first-order valence-corrected chi connectivity index (χ1v) is 16.4. The van der Waals surface area contributed by atoms with E-state index >= 15 is 4.39 Å². The standard InChI is InChI=1S/C31H43FN4O2S/c1-6-26-17-27(15-22(4)36(26)18-21(2)3)34-13-11-23(12-14-34)25-16-29(32)31-33-30(20-35(31)19-25)24-7-9-28(10-8-24)39(5,37)38/h7-10,16,19-23,26-27H,6,11-15,17-18H2,1-5H3. The fourth-order valence-electron chi connectivity index (χ4n) is 6.80. The number of likely N-dealkylation sites (tertiary alicyclic amines) is 2. The molecule has 3 atom stereocenters. The predicted octanol–water partition coefficient (Wildman–Crippen LogP) is 6.01. The van der Waals surface area contributed by atoms with Gasteiger partial charge in [0.15, 0.2) is 21.3 Å². The zero-order valence-corrected chi connectivity index (χ0v) is 24.8. The smallest absolute Gasteiger partial charge is 0.175 e. The van der Waals surface area contributed by atoms with Crippen LogP contribution < -0.4 is 0 Å². The van der Waals surface area contributed by atoms with Crippen LogP contribution in [0.2, 0.25) is 0 Å². The number of hydrogen-bond donors (Lipinski definition) is 0. The van der Waals surface area contributed by atoms with Crippen LogP contribution in [0.1, 0.15) is 71.3 Å². The second-order valence-electron chi connectivity index (χ2n) is 12.2. The number of fused-ring (bicyclic) bond motifs is 1. The van der Waals surface area contributed by atoms with E-state index in [1.54, 1.807) is 34.7 Å². The van der Waals surface area contributed by atoms with Crippen molar-refractivity contribution >= 4 is 15.5 Å². The Balaban J connectivity index is 1.27. The van der Waals surface area contributed by atoms with Crippen molar-refractivity contribution in [3.8, 4) is 11.3 Å². The number of halogens is 1. The molecular formula is C31H43FN4O2S. The molecule has 3 unspecified atom stereocenters. The molecule has 5 rings (SSSR count). The van der Waals surface area contributed by atoms with E-state index in [4.69, 9.17) is 0 Å². The summed E-state index contributed by atoms with van der Waals surface area (Å²) in [7, 11) is -3.27. The molecule has 0 radical (unpaired) electrons. The lowest BCUT2D eigenvalue weighted by atomic mass is 9.85. The van der Waals surface area contributed by atoms with Crippen LogP contribution in [0.5, 0.6) is 0 Å². The highest BCUT2D eigenvalue weighted by Gasteiger charge is 2.36. The fraction of sp³-hybridized carbons (Fsp3) is 0.581. The zero-order chi connectivity index (χ0) is 27.9. The van der Waals surface area contributed by atoms with Crippen molar-refractivity contribution < 1.29 is 12.8 Å². The van der Waals surface area contributed by atoms with Crippen LogP contribution in [0.3, 0.4) is 0 Å². The second kappa shape index (κ2) is 11.3. The topological polar surface area (TPSA) is 57.9 Å². The Labute approximate surface area is 233 Å². The molecule has 2 fully saturated rings. The van der Waals surface area contributed by atoms with Gasteiger partial charge in [0.2, 0.25) is 0 Å². The van der Waals surface area contributed by atoms with Gasteiger partial charge in [-0.1, -0.05) is 32.9 Å². The number of imidazole rings is 1. The summed E-state index contributed by atoms with van der Waals surface area (Å²) in [6.07, 6.45) is 10.8. The van der Waals surface area contributed by atoms with Gasteiger partial charge in [-0.05, 0) is 87.7 Å². The van der Waals surface area contributed by atoms with E-state index in [1.165, 1.54) is 32.1 Å². The molecule has 0 N–H and O–H groups in total. The molecule has 8 heteroatoms. The van der Waals surface area contributed by atoms with Gasteiger partial charge < -0.3 is 9.30 Å². The number of rotatable bonds is 7. The van der Waals surface area contributed by atoms with Crippen molar-refractivity contribution in [1.82, 2.24) is 19.2 Å². The van der Waals surface area contributed by atoms with Crippen molar-refractivity contribution in [2.24, 2.45) is 5.92 Å². The SMILES string of the molecule is CCC1CC(N2CCC(c3cc(F)c4nc(-c5ccc(S(C)(=O)=O)cc5)cn4c3)CC2)CC(C)N1CC(C)C. The average Bonchev–Trinajstić information content (AvgIpc) is 3.34. The molecule has 0 amide bonds. The molecule has 4 heterocycles. The highest BCUT2D eigenvalue weighted by Crippen LogP contribution is 2.35. The van der Waals surface area contributed by atoms with Crippen molar-refractivity contribution in [3.05, 3.63) is 54.1 Å². The molecule has 1 aromatic carbocycles. The molecule has 0 bridgehead atoms. The number of aromatic nitrogens is 2.